The zero-order chi connectivity index (χ0) is 14.8. The minimum Gasteiger partial charge on any atom is -0.325 e. The lowest BCUT2D eigenvalue weighted by Gasteiger charge is -2.11. The fourth-order valence-electron chi connectivity index (χ4n) is 1.56. The summed E-state index contributed by atoms with van der Waals surface area (Å²) in [5, 5.41) is 3.02. The van der Waals surface area contributed by atoms with E-state index in [4.69, 9.17) is 0 Å². The van der Waals surface area contributed by atoms with Crippen LogP contribution in [0.25, 0.3) is 0 Å². The average molecular weight is 292 g/mol. The van der Waals surface area contributed by atoms with Gasteiger partial charge in [0.25, 0.3) is 0 Å². The molecule has 0 radical (unpaired) electrons. The van der Waals surface area contributed by atoms with Gasteiger partial charge in [-0.05, 0) is 31.2 Å². The van der Waals surface area contributed by atoms with Gasteiger partial charge < -0.3 is 5.32 Å². The maximum atomic E-state index is 11.9. The molecule has 2 heterocycles. The van der Waals surface area contributed by atoms with Crippen LogP contribution in [0.5, 0.6) is 0 Å². The van der Waals surface area contributed by atoms with Gasteiger partial charge in [0, 0.05) is 26.0 Å². The molecule has 2 rings (SSSR count). The third kappa shape index (κ3) is 3.12. The van der Waals surface area contributed by atoms with Gasteiger partial charge in [0.15, 0.2) is 0 Å². The van der Waals surface area contributed by atoms with Gasteiger partial charge in [-0.25, -0.2) is 22.7 Å². The first kappa shape index (κ1) is 14.4. The van der Waals surface area contributed by atoms with E-state index in [1.54, 1.807) is 6.07 Å². The summed E-state index contributed by atoms with van der Waals surface area (Å²) in [6.07, 6.45) is 1.33. The quantitative estimate of drug-likeness (QED) is 0.929. The topological polar surface area (TPSA) is 75.2 Å². The first-order chi connectivity index (χ1) is 9.39. The molecule has 1 N–H and O–H groups in total. The van der Waals surface area contributed by atoms with Crippen molar-refractivity contribution >= 4 is 21.7 Å². The Morgan fingerprint density at radius 2 is 1.85 bits per heavy atom. The lowest BCUT2D eigenvalue weighted by molar-refractivity contribution is 0.520. The summed E-state index contributed by atoms with van der Waals surface area (Å²) >= 11 is 0. The van der Waals surface area contributed by atoms with Gasteiger partial charge in [0.2, 0.25) is 10.0 Å². The Balaban J connectivity index is 2.21. The third-order valence-electron chi connectivity index (χ3n) is 2.66. The molecule has 0 amide bonds. The molecule has 0 spiro atoms. The first-order valence-electron chi connectivity index (χ1n) is 5.99. The van der Waals surface area contributed by atoms with Crippen LogP contribution >= 0.6 is 0 Å². The first-order valence-corrected chi connectivity index (χ1v) is 7.43. The van der Waals surface area contributed by atoms with Gasteiger partial charge >= 0.3 is 0 Å². The molecule has 0 fully saturated rings. The summed E-state index contributed by atoms with van der Waals surface area (Å²) in [7, 11) is -0.477. The van der Waals surface area contributed by atoms with Crippen molar-refractivity contribution in [3.8, 4) is 0 Å². The van der Waals surface area contributed by atoms with Crippen molar-refractivity contribution in [2.24, 2.45) is 0 Å². The maximum Gasteiger partial charge on any atom is 0.244 e. The van der Waals surface area contributed by atoms with Gasteiger partial charge in [0.1, 0.15) is 16.5 Å². The van der Waals surface area contributed by atoms with Crippen LogP contribution < -0.4 is 5.32 Å². The van der Waals surface area contributed by atoms with E-state index in [0.29, 0.717) is 11.6 Å². The van der Waals surface area contributed by atoms with Crippen molar-refractivity contribution in [2.75, 3.05) is 19.4 Å². The average Bonchev–Trinajstić information content (AvgIpc) is 2.39. The molecule has 0 saturated heterocycles. The molecule has 0 aliphatic heterocycles. The number of hydrogen-bond acceptors (Lipinski definition) is 5. The Morgan fingerprint density at radius 1 is 1.10 bits per heavy atom. The number of hydrogen-bond donors (Lipinski definition) is 1. The minimum atomic E-state index is -3.45. The number of rotatable bonds is 4. The number of pyridine rings is 2. The van der Waals surface area contributed by atoms with E-state index in [9.17, 15) is 8.42 Å². The van der Waals surface area contributed by atoms with Crippen LogP contribution in [-0.2, 0) is 10.0 Å². The fraction of sp³-hybridized carbons (Fsp3) is 0.231. The van der Waals surface area contributed by atoms with Crippen molar-refractivity contribution in [3.63, 3.8) is 0 Å². The molecular weight excluding hydrogens is 276 g/mol. The molecule has 7 heteroatoms. The van der Waals surface area contributed by atoms with Crippen LogP contribution in [0.1, 0.15) is 5.69 Å². The molecule has 2 aromatic rings. The number of anilines is 2. The van der Waals surface area contributed by atoms with E-state index in [1.807, 2.05) is 25.1 Å². The highest BCUT2D eigenvalue weighted by molar-refractivity contribution is 7.89. The van der Waals surface area contributed by atoms with Gasteiger partial charge in [-0.1, -0.05) is 6.07 Å². The normalized spacial score (nSPS) is 11.6. The van der Waals surface area contributed by atoms with Crippen molar-refractivity contribution in [1.29, 1.82) is 0 Å². The summed E-state index contributed by atoms with van der Waals surface area (Å²) in [6, 6.07) is 8.72. The number of aromatic nitrogens is 2. The minimum absolute atomic E-state index is 0.158. The largest absolute Gasteiger partial charge is 0.325 e. The number of aryl methyl sites for hydroxylation is 1. The zero-order valence-electron chi connectivity index (χ0n) is 11.5. The Hall–Kier alpha value is -1.99. The molecule has 0 saturated carbocycles. The van der Waals surface area contributed by atoms with Crippen LogP contribution in [0, 0.1) is 6.92 Å². The highest BCUT2D eigenvalue weighted by Gasteiger charge is 2.17. The fourth-order valence-corrected chi connectivity index (χ4v) is 2.41. The summed E-state index contributed by atoms with van der Waals surface area (Å²) in [5.74, 6) is 1.21. The van der Waals surface area contributed by atoms with Crippen LogP contribution in [0.4, 0.5) is 11.6 Å². The highest BCUT2D eigenvalue weighted by Crippen LogP contribution is 2.16. The molecular formula is C13H16N4O2S. The van der Waals surface area contributed by atoms with Gasteiger partial charge in [-0.15, -0.1) is 0 Å². The van der Waals surface area contributed by atoms with Gasteiger partial charge in [-0.3, -0.25) is 0 Å². The summed E-state index contributed by atoms with van der Waals surface area (Å²) in [4.78, 5) is 8.54. The van der Waals surface area contributed by atoms with Crippen molar-refractivity contribution in [3.05, 3.63) is 42.2 Å². The van der Waals surface area contributed by atoms with E-state index in [0.717, 1.165) is 10.00 Å². The lowest BCUT2D eigenvalue weighted by atomic mass is 10.3. The molecule has 0 atom stereocenters. The van der Waals surface area contributed by atoms with Gasteiger partial charge in [-0.2, -0.15) is 0 Å². The molecule has 0 unspecified atom stereocenters. The molecule has 106 valence electrons. The number of nitrogens with one attached hydrogen (secondary N) is 1. The summed E-state index contributed by atoms with van der Waals surface area (Å²) in [5.41, 5.74) is 0.891. The smallest absolute Gasteiger partial charge is 0.244 e. The predicted molar refractivity (Wildman–Crippen MR) is 77.4 cm³/mol. The Bertz CT molecular complexity index is 697. The number of sulfonamides is 1. The van der Waals surface area contributed by atoms with Crippen molar-refractivity contribution in [1.82, 2.24) is 14.3 Å². The van der Waals surface area contributed by atoms with Crippen LogP contribution in [-0.4, -0.2) is 36.8 Å². The Kier molecular flexibility index (Phi) is 4.01. The van der Waals surface area contributed by atoms with E-state index in [1.165, 1.54) is 26.4 Å². The standard InChI is InChI=1S/C13H16N4O2S/c1-10-5-4-6-13(15-10)16-12-8-7-11(9-14-12)20(18,19)17(2)3/h4-9H,1-3H3,(H,14,15,16). The second kappa shape index (κ2) is 5.56. The number of nitrogens with zero attached hydrogens (tertiary/aromatic N) is 3. The molecule has 2 aromatic heterocycles. The predicted octanol–water partition coefficient (Wildman–Crippen LogP) is 1.78. The molecule has 0 aliphatic carbocycles. The SMILES string of the molecule is Cc1cccc(Nc2ccc(S(=O)(=O)N(C)C)cn2)n1. The Labute approximate surface area is 118 Å². The Morgan fingerprint density at radius 3 is 2.40 bits per heavy atom. The van der Waals surface area contributed by atoms with E-state index >= 15 is 0 Å². The molecule has 0 aromatic carbocycles. The maximum absolute atomic E-state index is 11.9. The van der Waals surface area contributed by atoms with Crippen LogP contribution in [0.15, 0.2) is 41.4 Å². The van der Waals surface area contributed by atoms with E-state index in [2.05, 4.69) is 15.3 Å². The molecule has 0 aliphatic rings. The van der Waals surface area contributed by atoms with Crippen LogP contribution in [0.3, 0.4) is 0 Å². The zero-order valence-corrected chi connectivity index (χ0v) is 12.3. The monoisotopic (exact) mass is 292 g/mol. The van der Waals surface area contributed by atoms with Crippen molar-refractivity contribution in [2.45, 2.75) is 11.8 Å². The molecule has 0 bridgehead atoms. The third-order valence-corrected chi connectivity index (χ3v) is 4.46. The molecule has 20 heavy (non-hydrogen) atoms. The lowest BCUT2D eigenvalue weighted by Crippen LogP contribution is -2.22. The van der Waals surface area contributed by atoms with Crippen molar-refractivity contribution < 1.29 is 8.42 Å². The summed E-state index contributed by atoms with van der Waals surface area (Å²) in [6.45, 7) is 1.89. The summed E-state index contributed by atoms with van der Waals surface area (Å²) < 4.78 is 25.0. The van der Waals surface area contributed by atoms with Gasteiger partial charge in [0.05, 0.1) is 0 Å². The van der Waals surface area contributed by atoms with E-state index < -0.39 is 10.0 Å². The second-order valence-electron chi connectivity index (χ2n) is 4.46. The van der Waals surface area contributed by atoms with Crippen LogP contribution in [0.2, 0.25) is 0 Å². The van der Waals surface area contributed by atoms with E-state index in [-0.39, 0.29) is 4.90 Å². The highest BCUT2D eigenvalue weighted by atomic mass is 32.2. The second-order valence-corrected chi connectivity index (χ2v) is 6.61. The molecule has 6 nitrogen and oxygen atoms in total.